The van der Waals surface area contributed by atoms with Crippen molar-refractivity contribution in [3.63, 3.8) is 0 Å². The first-order valence-corrected chi connectivity index (χ1v) is 9.74. The van der Waals surface area contributed by atoms with Gasteiger partial charge < -0.3 is 5.32 Å². The number of carbonyl (C=O) groups is 1. The molecular formula is C20H17ClN4OS. The summed E-state index contributed by atoms with van der Waals surface area (Å²) < 4.78 is 1.81. The number of benzene rings is 1. The minimum Gasteiger partial charge on any atom is -0.351 e. The van der Waals surface area contributed by atoms with Crippen LogP contribution in [0.4, 0.5) is 0 Å². The van der Waals surface area contributed by atoms with Gasteiger partial charge in [-0.1, -0.05) is 29.8 Å². The third-order valence-electron chi connectivity index (χ3n) is 4.27. The van der Waals surface area contributed by atoms with Gasteiger partial charge in [0, 0.05) is 24.3 Å². The third-order valence-corrected chi connectivity index (χ3v) is 5.70. The Bertz CT molecular complexity index is 1100. The van der Waals surface area contributed by atoms with Crippen molar-refractivity contribution in [3.05, 3.63) is 76.0 Å². The first-order chi connectivity index (χ1) is 13.1. The number of hydrogen-bond donors (Lipinski definition) is 1. The molecule has 1 N–H and O–H groups in total. The summed E-state index contributed by atoms with van der Waals surface area (Å²) >= 11 is 7.74. The quantitative estimate of drug-likeness (QED) is 0.543. The van der Waals surface area contributed by atoms with Gasteiger partial charge >= 0.3 is 0 Å². The van der Waals surface area contributed by atoms with Crippen LogP contribution >= 0.6 is 22.9 Å². The number of aromatic nitrogens is 3. The monoisotopic (exact) mass is 396 g/mol. The second kappa shape index (κ2) is 7.50. The molecule has 1 amide bonds. The minimum atomic E-state index is -0.0785. The van der Waals surface area contributed by atoms with Crippen molar-refractivity contribution in [2.24, 2.45) is 0 Å². The zero-order valence-electron chi connectivity index (χ0n) is 14.6. The van der Waals surface area contributed by atoms with Gasteiger partial charge in [0.2, 0.25) is 0 Å². The SMILES string of the molecule is Cc1nn(-c2ccccc2Cl)c2sc(C(=O)NCCc3cccnc3)cc12. The highest BCUT2D eigenvalue weighted by Crippen LogP contribution is 2.32. The van der Waals surface area contributed by atoms with Crippen LogP contribution in [-0.2, 0) is 6.42 Å². The van der Waals surface area contributed by atoms with Crippen LogP contribution in [0.1, 0.15) is 20.9 Å². The summed E-state index contributed by atoms with van der Waals surface area (Å²) in [6.45, 7) is 2.50. The van der Waals surface area contributed by atoms with E-state index in [1.807, 2.05) is 60.3 Å². The maximum absolute atomic E-state index is 12.6. The standard InChI is InChI=1S/C20H17ClN4OS/c1-13-15-11-18(19(26)23-10-8-14-5-4-9-22-12-14)27-20(15)25(24-13)17-7-3-2-6-16(17)21/h2-7,9,11-12H,8,10H2,1H3,(H,23,26). The second-order valence-corrected chi connectivity index (χ2v) is 7.58. The Labute approximate surface area is 165 Å². The molecule has 0 aliphatic rings. The van der Waals surface area contributed by atoms with Gasteiger partial charge in [0.25, 0.3) is 5.91 Å². The van der Waals surface area contributed by atoms with Crippen LogP contribution in [0, 0.1) is 6.92 Å². The average molecular weight is 397 g/mol. The number of pyridine rings is 1. The molecule has 7 heteroatoms. The second-order valence-electron chi connectivity index (χ2n) is 6.15. The molecular weight excluding hydrogens is 380 g/mol. The highest BCUT2D eigenvalue weighted by molar-refractivity contribution is 7.20. The number of hydrogen-bond acceptors (Lipinski definition) is 4. The van der Waals surface area contributed by atoms with Crippen LogP contribution in [0.5, 0.6) is 0 Å². The molecule has 3 heterocycles. The van der Waals surface area contributed by atoms with E-state index in [1.165, 1.54) is 11.3 Å². The molecule has 0 aliphatic carbocycles. The van der Waals surface area contributed by atoms with E-state index < -0.39 is 0 Å². The number of aryl methyl sites for hydroxylation is 1. The zero-order valence-corrected chi connectivity index (χ0v) is 16.2. The predicted octanol–water partition coefficient (Wildman–Crippen LogP) is 4.42. The molecule has 0 bridgehead atoms. The zero-order chi connectivity index (χ0) is 18.8. The lowest BCUT2D eigenvalue weighted by Crippen LogP contribution is -2.24. The van der Waals surface area contributed by atoms with Crippen molar-refractivity contribution in [3.8, 4) is 5.69 Å². The number of carbonyl (C=O) groups excluding carboxylic acids is 1. The Morgan fingerprint density at radius 3 is 2.89 bits per heavy atom. The molecule has 0 unspecified atom stereocenters. The van der Waals surface area contributed by atoms with Crippen molar-refractivity contribution in [2.75, 3.05) is 6.54 Å². The summed E-state index contributed by atoms with van der Waals surface area (Å²) in [6, 6.07) is 13.3. The van der Waals surface area contributed by atoms with Crippen molar-refractivity contribution >= 4 is 39.1 Å². The summed E-state index contributed by atoms with van der Waals surface area (Å²) in [5.74, 6) is -0.0785. The minimum absolute atomic E-state index is 0.0785. The molecule has 0 saturated heterocycles. The van der Waals surface area contributed by atoms with E-state index in [0.29, 0.717) is 16.4 Å². The fourth-order valence-electron chi connectivity index (χ4n) is 2.90. The molecule has 0 radical (unpaired) electrons. The lowest BCUT2D eigenvalue weighted by molar-refractivity contribution is 0.0958. The number of thiophene rings is 1. The van der Waals surface area contributed by atoms with E-state index in [2.05, 4.69) is 15.4 Å². The largest absolute Gasteiger partial charge is 0.351 e. The van der Waals surface area contributed by atoms with E-state index in [-0.39, 0.29) is 5.91 Å². The van der Waals surface area contributed by atoms with Crippen molar-refractivity contribution in [2.45, 2.75) is 13.3 Å². The van der Waals surface area contributed by atoms with E-state index in [1.54, 1.807) is 6.20 Å². The molecule has 3 aromatic heterocycles. The maximum atomic E-state index is 12.6. The Morgan fingerprint density at radius 1 is 1.26 bits per heavy atom. The Kier molecular flexibility index (Phi) is 4.92. The summed E-state index contributed by atoms with van der Waals surface area (Å²) in [7, 11) is 0. The van der Waals surface area contributed by atoms with Gasteiger partial charge in [0.15, 0.2) is 0 Å². The van der Waals surface area contributed by atoms with E-state index in [9.17, 15) is 4.79 Å². The number of nitrogens with one attached hydrogen (secondary N) is 1. The first kappa shape index (κ1) is 17.7. The van der Waals surface area contributed by atoms with Gasteiger partial charge in [-0.2, -0.15) is 5.10 Å². The molecule has 0 aliphatic heterocycles. The maximum Gasteiger partial charge on any atom is 0.261 e. The summed E-state index contributed by atoms with van der Waals surface area (Å²) in [6.07, 6.45) is 4.30. The summed E-state index contributed by atoms with van der Waals surface area (Å²) in [5.41, 5.74) is 2.78. The smallest absolute Gasteiger partial charge is 0.261 e. The Morgan fingerprint density at radius 2 is 2.11 bits per heavy atom. The van der Waals surface area contributed by atoms with Gasteiger partial charge in [-0.3, -0.25) is 9.78 Å². The number of amides is 1. The predicted molar refractivity (Wildman–Crippen MR) is 109 cm³/mol. The molecule has 27 heavy (non-hydrogen) atoms. The van der Waals surface area contributed by atoms with Crippen LogP contribution in [-0.4, -0.2) is 27.2 Å². The molecule has 0 fully saturated rings. The van der Waals surface area contributed by atoms with Crippen molar-refractivity contribution in [1.82, 2.24) is 20.1 Å². The summed E-state index contributed by atoms with van der Waals surface area (Å²) in [5, 5.41) is 9.16. The van der Waals surface area contributed by atoms with Gasteiger partial charge in [0.1, 0.15) is 4.83 Å². The number of nitrogens with zero attached hydrogens (tertiary/aromatic N) is 3. The molecule has 0 atom stereocenters. The van der Waals surface area contributed by atoms with E-state index >= 15 is 0 Å². The van der Waals surface area contributed by atoms with E-state index in [4.69, 9.17) is 11.6 Å². The molecule has 4 aromatic rings. The summed E-state index contributed by atoms with van der Waals surface area (Å²) in [4.78, 5) is 18.2. The van der Waals surface area contributed by atoms with Crippen molar-refractivity contribution in [1.29, 1.82) is 0 Å². The third kappa shape index (κ3) is 3.59. The van der Waals surface area contributed by atoms with Crippen LogP contribution in [0.15, 0.2) is 54.9 Å². The lowest BCUT2D eigenvalue weighted by atomic mass is 10.2. The Balaban J connectivity index is 1.56. The first-order valence-electron chi connectivity index (χ1n) is 8.54. The molecule has 1 aromatic carbocycles. The fraction of sp³-hybridized carbons (Fsp3) is 0.150. The van der Waals surface area contributed by atoms with Gasteiger partial charge in [0.05, 0.1) is 21.3 Å². The average Bonchev–Trinajstić information content (AvgIpc) is 3.24. The number of para-hydroxylation sites is 1. The van der Waals surface area contributed by atoms with Gasteiger partial charge in [-0.15, -0.1) is 11.3 Å². The van der Waals surface area contributed by atoms with Crippen LogP contribution in [0.2, 0.25) is 5.02 Å². The highest BCUT2D eigenvalue weighted by atomic mass is 35.5. The molecule has 4 rings (SSSR count). The van der Waals surface area contributed by atoms with E-state index in [0.717, 1.165) is 33.6 Å². The van der Waals surface area contributed by atoms with Gasteiger partial charge in [-0.05, 0) is 43.2 Å². The fourth-order valence-corrected chi connectivity index (χ4v) is 4.21. The number of halogens is 1. The van der Waals surface area contributed by atoms with Crippen molar-refractivity contribution < 1.29 is 4.79 Å². The molecule has 5 nitrogen and oxygen atoms in total. The topological polar surface area (TPSA) is 59.8 Å². The van der Waals surface area contributed by atoms with Crippen LogP contribution in [0.3, 0.4) is 0 Å². The number of rotatable bonds is 5. The number of fused-ring (bicyclic) bond motifs is 1. The van der Waals surface area contributed by atoms with Gasteiger partial charge in [-0.25, -0.2) is 4.68 Å². The molecule has 0 spiro atoms. The Hall–Kier alpha value is -2.70. The highest BCUT2D eigenvalue weighted by Gasteiger charge is 2.18. The lowest BCUT2D eigenvalue weighted by Gasteiger charge is -2.05. The van der Waals surface area contributed by atoms with Crippen LogP contribution < -0.4 is 5.32 Å². The normalized spacial score (nSPS) is 11.0. The molecule has 136 valence electrons. The van der Waals surface area contributed by atoms with Crippen LogP contribution in [0.25, 0.3) is 15.9 Å². The molecule has 0 saturated carbocycles.